The molecule has 1 amide bonds. The maximum absolute atomic E-state index is 12.8. The molecule has 3 aromatic rings. The Morgan fingerprint density at radius 1 is 1.37 bits per heavy atom. The number of hydrogen-bond donors (Lipinski definition) is 1. The number of amides is 1. The second-order valence-corrected chi connectivity index (χ2v) is 7.87. The Labute approximate surface area is 174 Å². The SMILES string of the molecule is COc1cc(CNC(=O)c2sc3nc4n(c(=O)c3c2C)CCC4)ccc1OC(F)F. The van der Waals surface area contributed by atoms with Crippen LogP contribution in [0.5, 0.6) is 11.5 Å². The fraction of sp³-hybridized carbons (Fsp3) is 0.350. The number of ether oxygens (including phenoxy) is 2. The van der Waals surface area contributed by atoms with Gasteiger partial charge in [0.05, 0.1) is 17.4 Å². The highest BCUT2D eigenvalue weighted by atomic mass is 32.1. The van der Waals surface area contributed by atoms with Gasteiger partial charge in [0.25, 0.3) is 11.5 Å². The van der Waals surface area contributed by atoms with Crippen LogP contribution >= 0.6 is 11.3 Å². The van der Waals surface area contributed by atoms with E-state index in [4.69, 9.17) is 4.74 Å². The predicted molar refractivity (Wildman–Crippen MR) is 108 cm³/mol. The molecule has 0 bridgehead atoms. The van der Waals surface area contributed by atoms with Crippen molar-refractivity contribution >= 4 is 27.5 Å². The summed E-state index contributed by atoms with van der Waals surface area (Å²) in [6, 6.07) is 4.45. The molecule has 0 spiro atoms. The van der Waals surface area contributed by atoms with E-state index in [0.29, 0.717) is 32.8 Å². The van der Waals surface area contributed by atoms with Crippen LogP contribution in [-0.4, -0.2) is 29.2 Å². The molecule has 0 fully saturated rings. The number of carbonyl (C=O) groups excluding carboxylic acids is 1. The lowest BCUT2D eigenvalue weighted by Gasteiger charge is -2.12. The Kier molecular flexibility index (Phi) is 5.42. The van der Waals surface area contributed by atoms with Gasteiger partial charge in [-0.2, -0.15) is 8.78 Å². The number of nitrogens with zero attached hydrogens (tertiary/aromatic N) is 2. The van der Waals surface area contributed by atoms with E-state index in [-0.39, 0.29) is 29.5 Å². The highest BCUT2D eigenvalue weighted by Gasteiger charge is 2.23. The summed E-state index contributed by atoms with van der Waals surface area (Å²) in [5.74, 6) is 0.500. The van der Waals surface area contributed by atoms with Crippen molar-refractivity contribution in [3.05, 3.63) is 50.4 Å². The molecule has 1 N–H and O–H groups in total. The van der Waals surface area contributed by atoms with E-state index in [1.165, 1.54) is 30.6 Å². The van der Waals surface area contributed by atoms with Gasteiger partial charge in [-0.1, -0.05) is 6.07 Å². The monoisotopic (exact) mass is 435 g/mol. The summed E-state index contributed by atoms with van der Waals surface area (Å²) in [5.41, 5.74) is 1.17. The minimum absolute atomic E-state index is 0.0810. The predicted octanol–water partition coefficient (Wildman–Crippen LogP) is 3.25. The normalized spacial score (nSPS) is 13.0. The van der Waals surface area contributed by atoms with Gasteiger partial charge in [0.15, 0.2) is 11.5 Å². The van der Waals surface area contributed by atoms with E-state index in [2.05, 4.69) is 15.0 Å². The largest absolute Gasteiger partial charge is 0.493 e. The molecule has 1 aromatic carbocycles. The van der Waals surface area contributed by atoms with Gasteiger partial charge in [0.1, 0.15) is 10.7 Å². The summed E-state index contributed by atoms with van der Waals surface area (Å²) in [4.78, 5) is 31.1. The summed E-state index contributed by atoms with van der Waals surface area (Å²) in [6.45, 7) is -0.403. The molecule has 1 aliphatic heterocycles. The van der Waals surface area contributed by atoms with Crippen LogP contribution in [0.1, 0.15) is 33.0 Å². The molecular weight excluding hydrogens is 416 g/mol. The van der Waals surface area contributed by atoms with Crippen LogP contribution in [0, 0.1) is 6.92 Å². The number of carbonyl (C=O) groups is 1. The zero-order valence-corrected chi connectivity index (χ0v) is 17.1. The van der Waals surface area contributed by atoms with Gasteiger partial charge in [-0.3, -0.25) is 14.2 Å². The fourth-order valence-electron chi connectivity index (χ4n) is 3.57. The lowest BCUT2D eigenvalue weighted by molar-refractivity contribution is -0.0512. The smallest absolute Gasteiger partial charge is 0.387 e. The molecule has 3 heterocycles. The molecule has 7 nitrogen and oxygen atoms in total. The first-order valence-corrected chi connectivity index (χ1v) is 10.1. The van der Waals surface area contributed by atoms with Crippen molar-refractivity contribution in [3.8, 4) is 11.5 Å². The van der Waals surface area contributed by atoms with E-state index >= 15 is 0 Å². The highest BCUT2D eigenvalue weighted by Crippen LogP contribution is 2.30. The minimum Gasteiger partial charge on any atom is -0.493 e. The Balaban J connectivity index is 1.55. The van der Waals surface area contributed by atoms with Crippen LogP contribution in [0.15, 0.2) is 23.0 Å². The van der Waals surface area contributed by atoms with Crippen molar-refractivity contribution in [2.45, 2.75) is 39.5 Å². The number of benzene rings is 1. The molecule has 10 heteroatoms. The number of rotatable bonds is 6. The van der Waals surface area contributed by atoms with Crippen LogP contribution < -0.4 is 20.3 Å². The summed E-state index contributed by atoms with van der Waals surface area (Å²) >= 11 is 1.20. The number of methoxy groups -OCH3 is 1. The summed E-state index contributed by atoms with van der Waals surface area (Å²) in [6.07, 6.45) is 1.66. The fourth-order valence-corrected chi connectivity index (χ4v) is 4.68. The molecule has 0 saturated heterocycles. The van der Waals surface area contributed by atoms with Crippen LogP contribution in [0.4, 0.5) is 8.78 Å². The average Bonchev–Trinajstić information content (AvgIpc) is 3.31. The van der Waals surface area contributed by atoms with Crippen molar-refractivity contribution in [2.24, 2.45) is 0 Å². The van der Waals surface area contributed by atoms with Gasteiger partial charge < -0.3 is 14.8 Å². The number of nitrogens with one attached hydrogen (secondary N) is 1. The molecule has 0 radical (unpaired) electrons. The zero-order valence-electron chi connectivity index (χ0n) is 16.3. The lowest BCUT2D eigenvalue weighted by atomic mass is 10.2. The van der Waals surface area contributed by atoms with Crippen molar-refractivity contribution in [1.29, 1.82) is 0 Å². The van der Waals surface area contributed by atoms with E-state index in [1.807, 2.05) is 0 Å². The van der Waals surface area contributed by atoms with E-state index < -0.39 is 6.61 Å². The van der Waals surface area contributed by atoms with Gasteiger partial charge in [-0.25, -0.2) is 4.98 Å². The maximum Gasteiger partial charge on any atom is 0.387 e. The Hall–Kier alpha value is -3.01. The standard InChI is InChI=1S/C20H19F2N3O4S/c1-10-15-18(24-14-4-3-7-25(14)19(15)27)30-16(10)17(26)23-9-11-5-6-12(29-20(21)22)13(8-11)28-2/h5-6,8,20H,3-4,7,9H2,1-2H3,(H,23,26). The second-order valence-electron chi connectivity index (χ2n) is 6.87. The molecule has 0 atom stereocenters. The number of aromatic nitrogens is 2. The topological polar surface area (TPSA) is 82.5 Å². The molecule has 4 rings (SSSR count). The number of thiophene rings is 1. The highest BCUT2D eigenvalue weighted by molar-refractivity contribution is 7.20. The van der Waals surface area contributed by atoms with E-state index in [1.54, 1.807) is 17.6 Å². The Morgan fingerprint density at radius 3 is 2.90 bits per heavy atom. The van der Waals surface area contributed by atoms with E-state index in [0.717, 1.165) is 18.7 Å². The second kappa shape index (κ2) is 8.02. The van der Waals surface area contributed by atoms with Crippen molar-refractivity contribution in [2.75, 3.05) is 7.11 Å². The van der Waals surface area contributed by atoms with Crippen LogP contribution in [0.2, 0.25) is 0 Å². The summed E-state index contributed by atoms with van der Waals surface area (Å²) in [5, 5.41) is 3.29. The quantitative estimate of drug-likeness (QED) is 0.643. The molecule has 158 valence electrons. The summed E-state index contributed by atoms with van der Waals surface area (Å²) in [7, 11) is 1.35. The van der Waals surface area contributed by atoms with Gasteiger partial charge >= 0.3 is 6.61 Å². The van der Waals surface area contributed by atoms with Gasteiger partial charge in [0.2, 0.25) is 0 Å². The average molecular weight is 435 g/mol. The Morgan fingerprint density at radius 2 is 2.17 bits per heavy atom. The lowest BCUT2D eigenvalue weighted by Crippen LogP contribution is -2.23. The molecule has 30 heavy (non-hydrogen) atoms. The third-order valence-corrected chi connectivity index (χ3v) is 6.20. The first kappa shape index (κ1) is 20.3. The third-order valence-electron chi connectivity index (χ3n) is 5.01. The molecular formula is C20H19F2N3O4S. The van der Waals surface area contributed by atoms with E-state index in [9.17, 15) is 18.4 Å². The number of halogens is 2. The number of fused-ring (bicyclic) bond motifs is 2. The molecule has 0 saturated carbocycles. The number of alkyl halides is 2. The van der Waals surface area contributed by atoms with Crippen LogP contribution in [0.25, 0.3) is 10.2 Å². The van der Waals surface area contributed by atoms with Gasteiger partial charge in [-0.15, -0.1) is 11.3 Å². The van der Waals surface area contributed by atoms with Crippen LogP contribution in [0.3, 0.4) is 0 Å². The summed E-state index contributed by atoms with van der Waals surface area (Å²) < 4.78 is 36.0. The van der Waals surface area contributed by atoms with Crippen molar-refractivity contribution < 1.29 is 23.0 Å². The third kappa shape index (κ3) is 3.62. The minimum atomic E-state index is -2.96. The first-order chi connectivity index (χ1) is 14.4. The van der Waals surface area contributed by atoms with Crippen LogP contribution in [-0.2, 0) is 19.5 Å². The van der Waals surface area contributed by atoms with Gasteiger partial charge in [0, 0.05) is 19.5 Å². The first-order valence-electron chi connectivity index (χ1n) is 9.31. The number of aryl methyl sites for hydroxylation is 2. The maximum atomic E-state index is 12.8. The zero-order chi connectivity index (χ0) is 21.4. The van der Waals surface area contributed by atoms with Crippen molar-refractivity contribution in [3.63, 3.8) is 0 Å². The molecule has 1 aliphatic rings. The number of hydrogen-bond acceptors (Lipinski definition) is 6. The Bertz CT molecular complexity index is 1190. The molecule has 2 aromatic heterocycles. The molecule has 0 unspecified atom stereocenters. The van der Waals surface area contributed by atoms with Crippen molar-refractivity contribution in [1.82, 2.24) is 14.9 Å². The molecule has 0 aliphatic carbocycles. The van der Waals surface area contributed by atoms with Gasteiger partial charge in [-0.05, 0) is 36.6 Å².